The van der Waals surface area contributed by atoms with Gasteiger partial charge in [0.2, 0.25) is 10.0 Å². The molecule has 0 fully saturated rings. The smallest absolute Gasteiger partial charge is 0.211 e. The van der Waals surface area contributed by atoms with Crippen LogP contribution in [-0.4, -0.2) is 27.9 Å². The van der Waals surface area contributed by atoms with Crippen LogP contribution in [0.5, 0.6) is 0 Å². The quantitative estimate of drug-likeness (QED) is 0.749. The molecule has 0 unspecified atom stereocenters. The van der Waals surface area contributed by atoms with Gasteiger partial charge in [-0.25, -0.2) is 13.1 Å². The van der Waals surface area contributed by atoms with Gasteiger partial charge in [-0.3, -0.25) is 0 Å². The lowest BCUT2D eigenvalue weighted by Crippen LogP contribution is -2.26. The van der Waals surface area contributed by atoms with Gasteiger partial charge in [-0.05, 0) is 24.1 Å². The van der Waals surface area contributed by atoms with Crippen molar-refractivity contribution < 1.29 is 13.2 Å². The highest BCUT2D eigenvalue weighted by Crippen LogP contribution is 2.04. The van der Waals surface area contributed by atoms with Crippen LogP contribution < -0.4 is 4.72 Å². The van der Waals surface area contributed by atoms with E-state index in [0.717, 1.165) is 5.56 Å². The maximum atomic E-state index is 11.6. The van der Waals surface area contributed by atoms with Crippen molar-refractivity contribution in [3.63, 3.8) is 0 Å². The van der Waals surface area contributed by atoms with Crippen molar-refractivity contribution in [1.82, 2.24) is 4.72 Å². The Kier molecular flexibility index (Phi) is 5.78. The zero-order valence-corrected chi connectivity index (χ0v) is 11.0. The molecule has 0 bridgehead atoms. The zero-order valence-electron chi connectivity index (χ0n) is 10.2. The Morgan fingerprint density at radius 1 is 1.44 bits per heavy atom. The van der Waals surface area contributed by atoms with E-state index in [4.69, 9.17) is 10.00 Å². The Hall–Kier alpha value is -1.42. The highest BCUT2D eigenvalue weighted by atomic mass is 32.2. The molecule has 0 atom stereocenters. The molecule has 0 radical (unpaired) electrons. The van der Waals surface area contributed by atoms with Crippen LogP contribution in [0.25, 0.3) is 0 Å². The standard InChI is InChI=1S/C12H16N2O3S/c1-17-6-3-7-18(15,16)14-10-12-5-2-4-11(8-12)9-13/h2,4-5,8,14H,3,6-7,10H2,1H3. The van der Waals surface area contributed by atoms with Gasteiger partial charge in [-0.2, -0.15) is 5.26 Å². The first-order chi connectivity index (χ1) is 8.57. The Labute approximate surface area is 107 Å². The largest absolute Gasteiger partial charge is 0.385 e. The number of benzene rings is 1. The van der Waals surface area contributed by atoms with Crippen molar-refractivity contribution >= 4 is 10.0 Å². The third kappa shape index (κ3) is 5.27. The lowest BCUT2D eigenvalue weighted by molar-refractivity contribution is 0.199. The second kappa shape index (κ2) is 7.11. The fourth-order valence-corrected chi connectivity index (χ4v) is 2.44. The molecule has 0 aliphatic rings. The molecule has 0 aromatic heterocycles. The summed E-state index contributed by atoms with van der Waals surface area (Å²) in [5, 5.41) is 8.73. The van der Waals surface area contributed by atoms with Crippen molar-refractivity contribution in [1.29, 1.82) is 5.26 Å². The summed E-state index contributed by atoms with van der Waals surface area (Å²) in [6, 6.07) is 8.86. The summed E-state index contributed by atoms with van der Waals surface area (Å²) >= 11 is 0. The van der Waals surface area contributed by atoms with Gasteiger partial charge in [0.25, 0.3) is 0 Å². The fraction of sp³-hybridized carbons (Fsp3) is 0.417. The Morgan fingerprint density at radius 3 is 2.89 bits per heavy atom. The van der Waals surface area contributed by atoms with Crippen LogP contribution in [-0.2, 0) is 21.3 Å². The van der Waals surface area contributed by atoms with Crippen molar-refractivity contribution in [2.24, 2.45) is 0 Å². The Balaban J connectivity index is 2.51. The molecule has 0 amide bonds. The molecule has 1 N–H and O–H groups in total. The van der Waals surface area contributed by atoms with E-state index in [-0.39, 0.29) is 12.3 Å². The molecular weight excluding hydrogens is 252 g/mol. The molecule has 0 heterocycles. The predicted molar refractivity (Wildman–Crippen MR) is 68.3 cm³/mol. The predicted octanol–water partition coefficient (Wildman–Crippen LogP) is 1.01. The lowest BCUT2D eigenvalue weighted by Gasteiger charge is -2.06. The summed E-state index contributed by atoms with van der Waals surface area (Å²) in [6.07, 6.45) is 0.462. The Bertz CT molecular complexity index is 520. The third-order valence-electron chi connectivity index (χ3n) is 2.31. The van der Waals surface area contributed by atoms with E-state index < -0.39 is 10.0 Å². The number of nitrogens with zero attached hydrogens (tertiary/aromatic N) is 1. The normalized spacial score (nSPS) is 11.1. The van der Waals surface area contributed by atoms with E-state index >= 15 is 0 Å². The summed E-state index contributed by atoms with van der Waals surface area (Å²) in [4.78, 5) is 0. The highest BCUT2D eigenvalue weighted by molar-refractivity contribution is 7.89. The van der Waals surface area contributed by atoms with Crippen molar-refractivity contribution in [3.05, 3.63) is 35.4 Å². The van der Waals surface area contributed by atoms with Gasteiger partial charge >= 0.3 is 0 Å². The van der Waals surface area contributed by atoms with Gasteiger partial charge in [-0.1, -0.05) is 12.1 Å². The first-order valence-corrected chi connectivity index (χ1v) is 7.18. The number of nitriles is 1. The van der Waals surface area contributed by atoms with Crippen LogP contribution in [0.2, 0.25) is 0 Å². The molecule has 0 spiro atoms. The number of nitrogens with one attached hydrogen (secondary N) is 1. The van der Waals surface area contributed by atoms with Gasteiger partial charge in [0.15, 0.2) is 0 Å². The molecule has 6 heteroatoms. The molecule has 0 saturated heterocycles. The minimum Gasteiger partial charge on any atom is -0.385 e. The first kappa shape index (κ1) is 14.6. The molecule has 0 saturated carbocycles. The van der Waals surface area contributed by atoms with Crippen LogP contribution in [0.4, 0.5) is 0 Å². The fourth-order valence-electron chi connectivity index (χ4n) is 1.41. The van der Waals surface area contributed by atoms with E-state index in [2.05, 4.69) is 4.72 Å². The van der Waals surface area contributed by atoms with Crippen LogP contribution >= 0.6 is 0 Å². The molecule has 1 aromatic carbocycles. The maximum absolute atomic E-state index is 11.6. The summed E-state index contributed by atoms with van der Waals surface area (Å²) in [7, 11) is -1.75. The minimum atomic E-state index is -3.28. The molecule has 1 rings (SSSR count). The summed E-state index contributed by atoms with van der Waals surface area (Å²) in [5.74, 6) is 0.0405. The van der Waals surface area contributed by atoms with Crippen molar-refractivity contribution in [3.8, 4) is 6.07 Å². The van der Waals surface area contributed by atoms with Crippen LogP contribution in [0, 0.1) is 11.3 Å². The first-order valence-electron chi connectivity index (χ1n) is 5.53. The summed E-state index contributed by atoms with van der Waals surface area (Å²) < 4.78 is 30.5. The summed E-state index contributed by atoms with van der Waals surface area (Å²) in [6.45, 7) is 0.621. The summed E-state index contributed by atoms with van der Waals surface area (Å²) in [5.41, 5.74) is 1.29. The topological polar surface area (TPSA) is 79.2 Å². The molecule has 5 nitrogen and oxygen atoms in total. The molecule has 0 aliphatic carbocycles. The number of hydrogen-bond acceptors (Lipinski definition) is 4. The van der Waals surface area contributed by atoms with E-state index in [1.807, 2.05) is 6.07 Å². The number of ether oxygens (including phenoxy) is 1. The van der Waals surface area contributed by atoms with Gasteiger partial charge in [0.1, 0.15) is 0 Å². The Morgan fingerprint density at radius 2 is 2.22 bits per heavy atom. The lowest BCUT2D eigenvalue weighted by atomic mass is 10.1. The van der Waals surface area contributed by atoms with E-state index in [1.54, 1.807) is 24.3 Å². The van der Waals surface area contributed by atoms with Gasteiger partial charge < -0.3 is 4.74 Å². The van der Waals surface area contributed by atoms with Crippen molar-refractivity contribution in [2.45, 2.75) is 13.0 Å². The monoisotopic (exact) mass is 268 g/mol. The molecule has 1 aromatic rings. The van der Waals surface area contributed by atoms with E-state index in [9.17, 15) is 8.42 Å². The second-order valence-electron chi connectivity index (χ2n) is 3.80. The van der Waals surface area contributed by atoms with Crippen LogP contribution in [0.1, 0.15) is 17.5 Å². The third-order valence-corrected chi connectivity index (χ3v) is 3.72. The van der Waals surface area contributed by atoms with Crippen LogP contribution in [0.15, 0.2) is 24.3 Å². The molecule has 18 heavy (non-hydrogen) atoms. The molecule has 0 aliphatic heterocycles. The maximum Gasteiger partial charge on any atom is 0.211 e. The minimum absolute atomic E-state index is 0.0405. The molecular formula is C12H16N2O3S. The second-order valence-corrected chi connectivity index (χ2v) is 5.72. The zero-order chi connectivity index (χ0) is 13.4. The van der Waals surface area contributed by atoms with E-state index in [1.165, 1.54) is 7.11 Å². The average molecular weight is 268 g/mol. The van der Waals surface area contributed by atoms with Gasteiger partial charge in [0.05, 0.1) is 17.4 Å². The SMILES string of the molecule is COCCCS(=O)(=O)NCc1cccc(C#N)c1. The van der Waals surface area contributed by atoms with Gasteiger partial charge in [0, 0.05) is 20.3 Å². The average Bonchev–Trinajstić information content (AvgIpc) is 2.37. The number of rotatable bonds is 7. The van der Waals surface area contributed by atoms with Crippen LogP contribution in [0.3, 0.4) is 0 Å². The highest BCUT2D eigenvalue weighted by Gasteiger charge is 2.09. The molecule has 98 valence electrons. The van der Waals surface area contributed by atoms with E-state index in [0.29, 0.717) is 18.6 Å². The number of hydrogen-bond donors (Lipinski definition) is 1. The van der Waals surface area contributed by atoms with Crippen molar-refractivity contribution in [2.75, 3.05) is 19.5 Å². The number of methoxy groups -OCH3 is 1. The number of sulfonamides is 1. The van der Waals surface area contributed by atoms with Gasteiger partial charge in [-0.15, -0.1) is 0 Å².